The van der Waals surface area contributed by atoms with Crippen molar-refractivity contribution in [3.05, 3.63) is 0 Å². The van der Waals surface area contributed by atoms with Crippen LogP contribution in [0, 0.1) is 0 Å². The molecular formula is C10H21O6P. The molecule has 7 heteroatoms. The third-order valence-electron chi connectivity index (χ3n) is 1.97. The number of rotatable bonds is 8. The molecule has 0 radical (unpaired) electrons. The van der Waals surface area contributed by atoms with Gasteiger partial charge in [0, 0.05) is 0 Å². The molecule has 0 aliphatic rings. The lowest BCUT2D eigenvalue weighted by atomic mass is 10.3. The van der Waals surface area contributed by atoms with Crippen LogP contribution in [0.1, 0.15) is 34.1 Å². The second kappa shape index (κ2) is 7.11. The Kier molecular flexibility index (Phi) is 6.94. The SMILES string of the molecule is CCOC(=O)C[C@@](C)(O)P(=O)(OCC)OCC. The molecule has 0 aromatic rings. The molecule has 0 aliphatic carbocycles. The molecule has 0 rings (SSSR count). The van der Waals surface area contributed by atoms with E-state index in [0.717, 1.165) is 0 Å². The summed E-state index contributed by atoms with van der Waals surface area (Å²) in [6.45, 7) is 6.60. The topological polar surface area (TPSA) is 82.1 Å². The van der Waals surface area contributed by atoms with Crippen molar-refractivity contribution >= 4 is 13.6 Å². The lowest BCUT2D eigenvalue weighted by Crippen LogP contribution is -2.31. The van der Waals surface area contributed by atoms with Crippen molar-refractivity contribution in [3.63, 3.8) is 0 Å². The summed E-state index contributed by atoms with van der Waals surface area (Å²) in [5, 5.41) is 8.20. The molecule has 0 fully saturated rings. The van der Waals surface area contributed by atoms with E-state index in [2.05, 4.69) is 0 Å². The first kappa shape index (κ1) is 16.6. The van der Waals surface area contributed by atoms with Gasteiger partial charge >= 0.3 is 13.6 Å². The second-order valence-electron chi connectivity index (χ2n) is 3.53. The summed E-state index contributed by atoms with van der Waals surface area (Å²) in [5.74, 6) is -0.642. The highest BCUT2D eigenvalue weighted by Crippen LogP contribution is 2.60. The molecule has 1 atom stereocenters. The van der Waals surface area contributed by atoms with Crippen LogP contribution in [0.3, 0.4) is 0 Å². The van der Waals surface area contributed by atoms with E-state index in [1.807, 2.05) is 0 Å². The summed E-state index contributed by atoms with van der Waals surface area (Å²) < 4.78 is 26.9. The zero-order chi connectivity index (χ0) is 13.5. The fraction of sp³-hybridized carbons (Fsp3) is 0.900. The third kappa shape index (κ3) is 4.76. The van der Waals surface area contributed by atoms with Crippen molar-refractivity contribution < 1.29 is 28.3 Å². The molecule has 0 amide bonds. The minimum atomic E-state index is -3.75. The van der Waals surface area contributed by atoms with Gasteiger partial charge in [-0.2, -0.15) is 0 Å². The van der Waals surface area contributed by atoms with Crippen LogP contribution >= 0.6 is 7.60 Å². The molecule has 0 aromatic carbocycles. The molecule has 6 nitrogen and oxygen atoms in total. The van der Waals surface area contributed by atoms with Gasteiger partial charge in [0.25, 0.3) is 0 Å². The van der Waals surface area contributed by atoms with Crippen LogP contribution in [0.15, 0.2) is 0 Å². The van der Waals surface area contributed by atoms with E-state index in [-0.39, 0.29) is 19.8 Å². The molecule has 0 saturated heterocycles. The maximum atomic E-state index is 12.3. The molecule has 17 heavy (non-hydrogen) atoms. The van der Waals surface area contributed by atoms with Gasteiger partial charge in [-0.1, -0.05) is 0 Å². The minimum absolute atomic E-state index is 0.121. The lowest BCUT2D eigenvalue weighted by molar-refractivity contribution is -0.146. The van der Waals surface area contributed by atoms with E-state index in [1.54, 1.807) is 20.8 Å². The molecule has 0 heterocycles. The Morgan fingerprint density at radius 2 is 1.65 bits per heavy atom. The van der Waals surface area contributed by atoms with Crippen LogP contribution in [0.25, 0.3) is 0 Å². The zero-order valence-corrected chi connectivity index (χ0v) is 11.7. The summed E-state index contributed by atoms with van der Waals surface area (Å²) >= 11 is 0. The highest BCUT2D eigenvalue weighted by atomic mass is 31.2. The van der Waals surface area contributed by atoms with Crippen molar-refractivity contribution in [1.82, 2.24) is 0 Å². The normalized spacial score (nSPS) is 15.4. The van der Waals surface area contributed by atoms with Crippen LogP contribution in [-0.4, -0.2) is 36.2 Å². The highest BCUT2D eigenvalue weighted by Gasteiger charge is 2.47. The average Bonchev–Trinajstić information content (AvgIpc) is 2.17. The highest BCUT2D eigenvalue weighted by molar-refractivity contribution is 7.55. The third-order valence-corrected chi connectivity index (χ3v) is 4.51. The van der Waals surface area contributed by atoms with Gasteiger partial charge in [-0.25, -0.2) is 0 Å². The number of hydrogen-bond acceptors (Lipinski definition) is 6. The van der Waals surface area contributed by atoms with Crippen LogP contribution < -0.4 is 0 Å². The molecule has 102 valence electrons. The molecule has 0 aliphatic heterocycles. The summed E-state index contributed by atoms with van der Waals surface area (Å²) in [7, 11) is -3.75. The lowest BCUT2D eigenvalue weighted by Gasteiger charge is -2.30. The van der Waals surface area contributed by atoms with Crippen LogP contribution in [0.5, 0.6) is 0 Å². The predicted octanol–water partition coefficient (Wildman–Crippen LogP) is 1.91. The van der Waals surface area contributed by atoms with Crippen molar-refractivity contribution in [1.29, 1.82) is 0 Å². The number of carbonyl (C=O) groups excluding carboxylic acids is 1. The van der Waals surface area contributed by atoms with Crippen molar-refractivity contribution in [2.24, 2.45) is 0 Å². The molecule has 0 bridgehead atoms. The van der Waals surface area contributed by atoms with Gasteiger partial charge in [0.15, 0.2) is 5.34 Å². The maximum Gasteiger partial charge on any atom is 0.362 e. The first-order valence-corrected chi connectivity index (χ1v) is 7.14. The Morgan fingerprint density at radius 1 is 1.18 bits per heavy atom. The Hall–Kier alpha value is -0.420. The smallest absolute Gasteiger partial charge is 0.362 e. The predicted molar refractivity (Wildman–Crippen MR) is 62.7 cm³/mol. The van der Waals surface area contributed by atoms with E-state index < -0.39 is 25.3 Å². The Bertz CT molecular complexity index is 279. The first-order valence-electron chi connectivity index (χ1n) is 5.60. The summed E-state index contributed by atoms with van der Waals surface area (Å²) in [5.41, 5.74) is 0. The standard InChI is InChI=1S/C10H21O6P/c1-5-14-9(11)8-10(4,12)17(13,15-6-2)16-7-3/h12H,5-8H2,1-4H3/t10-/m0/s1. The van der Waals surface area contributed by atoms with Gasteiger partial charge in [0.1, 0.15) is 0 Å². The van der Waals surface area contributed by atoms with Crippen LogP contribution in [0.4, 0.5) is 0 Å². The molecule has 0 spiro atoms. The Morgan fingerprint density at radius 3 is 2.00 bits per heavy atom. The van der Waals surface area contributed by atoms with E-state index in [1.165, 1.54) is 6.92 Å². The zero-order valence-electron chi connectivity index (χ0n) is 10.8. The number of ether oxygens (including phenoxy) is 1. The maximum absolute atomic E-state index is 12.3. The summed E-state index contributed by atoms with van der Waals surface area (Å²) in [6, 6.07) is 0. The van der Waals surface area contributed by atoms with Crippen molar-refractivity contribution in [2.75, 3.05) is 19.8 Å². The van der Waals surface area contributed by atoms with Crippen molar-refractivity contribution in [3.8, 4) is 0 Å². The Balaban J connectivity index is 4.82. The Labute approximate surface area is 102 Å². The number of carbonyl (C=O) groups is 1. The fourth-order valence-corrected chi connectivity index (χ4v) is 2.87. The summed E-state index contributed by atoms with van der Waals surface area (Å²) in [6.07, 6.45) is -0.432. The number of esters is 1. The second-order valence-corrected chi connectivity index (χ2v) is 6.01. The largest absolute Gasteiger partial charge is 0.466 e. The van der Waals surface area contributed by atoms with Gasteiger partial charge in [-0.15, -0.1) is 0 Å². The van der Waals surface area contributed by atoms with E-state index in [0.29, 0.717) is 0 Å². The van der Waals surface area contributed by atoms with Gasteiger partial charge in [-0.3, -0.25) is 9.36 Å². The fourth-order valence-electron chi connectivity index (χ4n) is 1.24. The molecule has 1 N–H and O–H groups in total. The van der Waals surface area contributed by atoms with Crippen molar-refractivity contribution in [2.45, 2.75) is 39.5 Å². The molecule has 0 unspecified atom stereocenters. The van der Waals surface area contributed by atoms with Crippen LogP contribution in [0.2, 0.25) is 0 Å². The van der Waals surface area contributed by atoms with Gasteiger partial charge in [-0.05, 0) is 27.7 Å². The average molecular weight is 268 g/mol. The number of aliphatic hydroxyl groups is 1. The number of hydrogen-bond donors (Lipinski definition) is 1. The van der Waals surface area contributed by atoms with Gasteiger partial charge in [0.2, 0.25) is 0 Å². The van der Waals surface area contributed by atoms with Crippen LogP contribution in [-0.2, 0) is 23.1 Å². The minimum Gasteiger partial charge on any atom is -0.466 e. The van der Waals surface area contributed by atoms with E-state index in [4.69, 9.17) is 13.8 Å². The molecule has 0 saturated carbocycles. The quantitative estimate of drug-likeness (QED) is 0.535. The monoisotopic (exact) mass is 268 g/mol. The molecule has 0 aromatic heterocycles. The van der Waals surface area contributed by atoms with Gasteiger partial charge < -0.3 is 18.9 Å². The van der Waals surface area contributed by atoms with Gasteiger partial charge in [0.05, 0.1) is 26.2 Å². The molecular weight excluding hydrogens is 247 g/mol. The summed E-state index contributed by atoms with van der Waals surface area (Å²) in [4.78, 5) is 11.3. The first-order chi connectivity index (χ1) is 7.83. The van der Waals surface area contributed by atoms with E-state index in [9.17, 15) is 14.5 Å². The van der Waals surface area contributed by atoms with E-state index >= 15 is 0 Å².